The fraction of sp³-hybridized carbons (Fsp3) is 0.0625. The molecule has 0 radical (unpaired) electrons. The first-order valence-electron chi connectivity index (χ1n) is 6.62. The van der Waals surface area contributed by atoms with Crippen molar-refractivity contribution < 1.29 is 0 Å². The summed E-state index contributed by atoms with van der Waals surface area (Å²) in [5, 5.41) is 5.92. The lowest BCUT2D eigenvalue weighted by molar-refractivity contribution is 0.939. The van der Waals surface area contributed by atoms with Gasteiger partial charge in [-0.3, -0.25) is 4.98 Å². The van der Waals surface area contributed by atoms with E-state index in [-0.39, 0.29) is 0 Å². The summed E-state index contributed by atoms with van der Waals surface area (Å²) in [7, 11) is 0. The van der Waals surface area contributed by atoms with E-state index in [1.165, 1.54) is 5.56 Å². The van der Waals surface area contributed by atoms with Crippen LogP contribution in [0.4, 0.5) is 0 Å². The van der Waals surface area contributed by atoms with E-state index < -0.39 is 0 Å². The Balaban J connectivity index is 1.77. The van der Waals surface area contributed by atoms with Crippen LogP contribution < -0.4 is 0 Å². The van der Waals surface area contributed by atoms with Crippen LogP contribution in [0.15, 0.2) is 55.0 Å². The fourth-order valence-electron chi connectivity index (χ4n) is 2.47. The molecule has 0 spiro atoms. The van der Waals surface area contributed by atoms with Gasteiger partial charge in [0, 0.05) is 29.8 Å². The molecular weight excluding hydrogens is 284 g/mol. The van der Waals surface area contributed by atoms with Crippen molar-refractivity contribution in [2.75, 3.05) is 0 Å². The highest BCUT2D eigenvalue weighted by atomic mass is 35.5. The van der Waals surface area contributed by atoms with Crippen molar-refractivity contribution in [3.63, 3.8) is 0 Å². The maximum absolute atomic E-state index is 5.97. The molecule has 0 unspecified atom stereocenters. The summed E-state index contributed by atoms with van der Waals surface area (Å²) in [5.41, 5.74) is 4.06. The second-order valence-corrected chi connectivity index (χ2v) is 5.28. The number of nitrogens with zero attached hydrogens (tertiary/aromatic N) is 4. The first-order valence-corrected chi connectivity index (χ1v) is 7.00. The molecule has 5 heteroatoms. The Kier molecular flexibility index (Phi) is 2.82. The number of fused-ring (bicyclic) bond motifs is 2. The van der Waals surface area contributed by atoms with Crippen LogP contribution in [0.5, 0.6) is 0 Å². The Bertz CT molecular complexity index is 945. The zero-order valence-corrected chi connectivity index (χ0v) is 11.8. The molecule has 4 aromatic rings. The van der Waals surface area contributed by atoms with Crippen LogP contribution in [0, 0.1) is 0 Å². The minimum Gasteiger partial charge on any atom is -0.256 e. The quantitative estimate of drug-likeness (QED) is 0.531. The molecule has 0 atom stereocenters. The lowest BCUT2D eigenvalue weighted by atomic mass is 10.1. The predicted octanol–water partition coefficient (Wildman–Crippen LogP) is 3.52. The van der Waals surface area contributed by atoms with E-state index in [9.17, 15) is 0 Å². The second kappa shape index (κ2) is 4.82. The first-order chi connectivity index (χ1) is 10.3. The van der Waals surface area contributed by atoms with Crippen LogP contribution in [-0.4, -0.2) is 19.6 Å². The van der Waals surface area contributed by atoms with E-state index >= 15 is 0 Å². The smallest absolute Gasteiger partial charge is 0.160 e. The molecule has 0 amide bonds. The van der Waals surface area contributed by atoms with Crippen LogP contribution in [0.1, 0.15) is 11.1 Å². The van der Waals surface area contributed by atoms with E-state index in [1.54, 1.807) is 16.8 Å². The number of pyridine rings is 1. The minimum atomic E-state index is 0.479. The summed E-state index contributed by atoms with van der Waals surface area (Å²) in [6.07, 6.45) is 6.23. The average Bonchev–Trinajstić information content (AvgIpc) is 2.89. The zero-order chi connectivity index (χ0) is 14.2. The minimum absolute atomic E-state index is 0.479. The molecule has 0 aliphatic heterocycles. The molecule has 0 saturated carbocycles. The summed E-state index contributed by atoms with van der Waals surface area (Å²) in [4.78, 5) is 8.68. The molecule has 0 saturated heterocycles. The maximum atomic E-state index is 5.97. The molecule has 4 rings (SSSR count). The van der Waals surface area contributed by atoms with Gasteiger partial charge >= 0.3 is 0 Å². The third-order valence-corrected chi connectivity index (χ3v) is 3.68. The summed E-state index contributed by atoms with van der Waals surface area (Å²) >= 11 is 5.97. The Hall–Kier alpha value is -2.46. The van der Waals surface area contributed by atoms with Crippen molar-refractivity contribution in [1.29, 1.82) is 0 Å². The molecular formula is C16H11ClN4. The summed E-state index contributed by atoms with van der Waals surface area (Å²) in [6.45, 7) is 0. The highest BCUT2D eigenvalue weighted by Gasteiger charge is 2.07. The Morgan fingerprint density at radius 3 is 3.05 bits per heavy atom. The highest BCUT2D eigenvalue weighted by molar-refractivity contribution is 6.29. The fourth-order valence-corrected chi connectivity index (χ4v) is 2.61. The summed E-state index contributed by atoms with van der Waals surface area (Å²) in [6, 6.07) is 12.0. The molecule has 3 aromatic heterocycles. The van der Waals surface area contributed by atoms with Gasteiger partial charge in [0.15, 0.2) is 5.65 Å². The normalized spacial score (nSPS) is 11.3. The predicted molar refractivity (Wildman–Crippen MR) is 82.5 cm³/mol. The topological polar surface area (TPSA) is 43.1 Å². The van der Waals surface area contributed by atoms with Gasteiger partial charge < -0.3 is 0 Å². The van der Waals surface area contributed by atoms with Crippen LogP contribution in [0.2, 0.25) is 5.15 Å². The Morgan fingerprint density at radius 2 is 2.10 bits per heavy atom. The summed E-state index contributed by atoms with van der Waals surface area (Å²) in [5.74, 6) is 0. The van der Waals surface area contributed by atoms with Crippen molar-refractivity contribution in [3.05, 3.63) is 71.3 Å². The largest absolute Gasteiger partial charge is 0.256 e. The number of benzene rings is 1. The molecule has 0 N–H and O–H groups in total. The van der Waals surface area contributed by atoms with E-state index in [1.807, 2.05) is 24.5 Å². The number of hydrogen-bond donors (Lipinski definition) is 0. The number of rotatable bonds is 2. The lowest BCUT2D eigenvalue weighted by Crippen LogP contribution is -1.92. The third-order valence-electron chi connectivity index (χ3n) is 3.47. The first kappa shape index (κ1) is 12.3. The second-order valence-electron chi connectivity index (χ2n) is 4.90. The van der Waals surface area contributed by atoms with Gasteiger partial charge in [-0.15, -0.1) is 0 Å². The number of aromatic nitrogens is 4. The van der Waals surface area contributed by atoms with Crippen molar-refractivity contribution >= 4 is 28.2 Å². The molecule has 0 aliphatic carbocycles. The molecule has 3 heterocycles. The molecule has 102 valence electrons. The van der Waals surface area contributed by atoms with Crippen LogP contribution >= 0.6 is 11.6 Å². The van der Waals surface area contributed by atoms with Crippen LogP contribution in [-0.2, 0) is 6.42 Å². The Labute approximate surface area is 126 Å². The molecule has 0 fully saturated rings. The van der Waals surface area contributed by atoms with E-state index in [0.29, 0.717) is 5.15 Å². The molecule has 1 aromatic carbocycles. The molecule has 0 bridgehead atoms. The van der Waals surface area contributed by atoms with Gasteiger partial charge in [0.1, 0.15) is 5.15 Å². The van der Waals surface area contributed by atoms with Gasteiger partial charge in [-0.1, -0.05) is 23.7 Å². The third kappa shape index (κ3) is 2.23. The van der Waals surface area contributed by atoms with Crippen molar-refractivity contribution in [1.82, 2.24) is 19.6 Å². The van der Waals surface area contributed by atoms with Crippen LogP contribution in [0.25, 0.3) is 16.6 Å². The van der Waals surface area contributed by atoms with Crippen molar-refractivity contribution in [3.8, 4) is 0 Å². The SMILES string of the molecule is Clc1ccn2ncc(Cc3ccc4ncccc4c3)c2n1. The molecule has 0 aliphatic rings. The van der Waals surface area contributed by atoms with Gasteiger partial charge in [0.2, 0.25) is 0 Å². The van der Waals surface area contributed by atoms with E-state index in [4.69, 9.17) is 11.6 Å². The van der Waals surface area contributed by atoms with Crippen molar-refractivity contribution in [2.24, 2.45) is 0 Å². The van der Waals surface area contributed by atoms with E-state index in [0.717, 1.165) is 28.5 Å². The van der Waals surface area contributed by atoms with Gasteiger partial charge in [0.05, 0.1) is 11.7 Å². The van der Waals surface area contributed by atoms with Gasteiger partial charge in [0.25, 0.3) is 0 Å². The highest BCUT2D eigenvalue weighted by Crippen LogP contribution is 2.19. The summed E-state index contributed by atoms with van der Waals surface area (Å²) < 4.78 is 1.74. The van der Waals surface area contributed by atoms with Gasteiger partial charge in [-0.05, 0) is 29.8 Å². The van der Waals surface area contributed by atoms with Crippen molar-refractivity contribution in [2.45, 2.75) is 6.42 Å². The Morgan fingerprint density at radius 1 is 1.14 bits per heavy atom. The van der Waals surface area contributed by atoms with Crippen LogP contribution in [0.3, 0.4) is 0 Å². The monoisotopic (exact) mass is 294 g/mol. The zero-order valence-electron chi connectivity index (χ0n) is 11.1. The molecule has 4 nitrogen and oxygen atoms in total. The lowest BCUT2D eigenvalue weighted by Gasteiger charge is -2.02. The molecule has 21 heavy (non-hydrogen) atoms. The maximum Gasteiger partial charge on any atom is 0.160 e. The standard InChI is InChI=1S/C16H11ClN4/c17-15-5-7-21-16(20-15)13(10-19-21)9-11-3-4-14-12(8-11)2-1-6-18-14/h1-8,10H,9H2. The average molecular weight is 295 g/mol. The van der Waals surface area contributed by atoms with Gasteiger partial charge in [-0.2, -0.15) is 5.10 Å². The van der Waals surface area contributed by atoms with E-state index in [2.05, 4.69) is 33.3 Å². The van der Waals surface area contributed by atoms with Gasteiger partial charge in [-0.25, -0.2) is 9.50 Å². The number of halogens is 1. The number of hydrogen-bond acceptors (Lipinski definition) is 3.